The molecule has 1 aromatic heterocycles. The molecule has 2 nitrogen and oxygen atoms in total. The summed E-state index contributed by atoms with van der Waals surface area (Å²) in [6.07, 6.45) is 3.50. The van der Waals surface area contributed by atoms with Crippen molar-refractivity contribution in [2.75, 3.05) is 12.4 Å². The summed E-state index contributed by atoms with van der Waals surface area (Å²) in [6.45, 7) is 0. The number of hydrogen-bond donors (Lipinski definition) is 1. The van der Waals surface area contributed by atoms with E-state index in [0.29, 0.717) is 5.92 Å². The van der Waals surface area contributed by atoms with Crippen LogP contribution in [-0.4, -0.2) is 12.0 Å². The monoisotopic (exact) mass is 244 g/mol. The maximum absolute atomic E-state index is 4.60. The van der Waals surface area contributed by atoms with Crippen molar-refractivity contribution in [3.8, 4) is 0 Å². The Bertz CT molecular complexity index is 504. The van der Waals surface area contributed by atoms with Crippen molar-refractivity contribution in [1.82, 2.24) is 4.98 Å². The van der Waals surface area contributed by atoms with Gasteiger partial charge < -0.3 is 5.32 Å². The Morgan fingerprint density at radius 3 is 2.88 bits per heavy atom. The van der Waals surface area contributed by atoms with Crippen molar-refractivity contribution < 1.29 is 0 Å². The highest BCUT2D eigenvalue weighted by Gasteiger charge is 2.23. The van der Waals surface area contributed by atoms with E-state index in [9.17, 15) is 0 Å². The van der Waals surface area contributed by atoms with Gasteiger partial charge in [-0.1, -0.05) is 30.3 Å². The lowest BCUT2D eigenvalue weighted by Gasteiger charge is -2.21. The van der Waals surface area contributed by atoms with Gasteiger partial charge in [-0.2, -0.15) is 0 Å². The lowest BCUT2D eigenvalue weighted by Crippen LogP contribution is -2.11. The molecule has 3 rings (SSSR count). The highest BCUT2D eigenvalue weighted by molar-refractivity contribution is 7.15. The molecule has 0 amide bonds. The van der Waals surface area contributed by atoms with Gasteiger partial charge in [0.25, 0.3) is 0 Å². The minimum Gasteiger partial charge on any atom is -0.365 e. The second kappa shape index (κ2) is 4.49. The third-order valence-corrected chi connectivity index (χ3v) is 4.56. The van der Waals surface area contributed by atoms with Crippen LogP contribution in [0.1, 0.15) is 28.5 Å². The van der Waals surface area contributed by atoms with Crippen LogP contribution < -0.4 is 5.32 Å². The average molecular weight is 244 g/mol. The Kier molecular flexibility index (Phi) is 2.85. The molecule has 2 aromatic rings. The standard InChI is InChI=1S/C14H16N2S/c1-15-14-16-12-8-7-11(9-13(12)17-14)10-5-3-2-4-6-10/h2-6,11H,7-9H2,1H3,(H,15,16). The van der Waals surface area contributed by atoms with Gasteiger partial charge in [-0.3, -0.25) is 0 Å². The largest absolute Gasteiger partial charge is 0.365 e. The van der Waals surface area contributed by atoms with Gasteiger partial charge in [0.2, 0.25) is 0 Å². The zero-order valence-corrected chi connectivity index (χ0v) is 10.8. The fourth-order valence-corrected chi connectivity index (χ4v) is 3.53. The van der Waals surface area contributed by atoms with Gasteiger partial charge in [0, 0.05) is 11.9 Å². The average Bonchev–Trinajstić information content (AvgIpc) is 2.81. The maximum Gasteiger partial charge on any atom is 0.182 e. The minimum atomic E-state index is 0.675. The summed E-state index contributed by atoms with van der Waals surface area (Å²) in [4.78, 5) is 6.07. The number of hydrogen-bond acceptors (Lipinski definition) is 3. The summed E-state index contributed by atoms with van der Waals surface area (Å²) in [5, 5.41) is 4.21. The summed E-state index contributed by atoms with van der Waals surface area (Å²) in [7, 11) is 1.94. The third kappa shape index (κ3) is 2.07. The fraction of sp³-hybridized carbons (Fsp3) is 0.357. The van der Waals surface area contributed by atoms with E-state index in [0.717, 1.165) is 18.0 Å². The first-order chi connectivity index (χ1) is 8.36. The predicted molar refractivity (Wildman–Crippen MR) is 72.9 cm³/mol. The molecule has 1 aromatic carbocycles. The van der Waals surface area contributed by atoms with Crippen molar-refractivity contribution in [2.45, 2.75) is 25.2 Å². The van der Waals surface area contributed by atoms with E-state index >= 15 is 0 Å². The van der Waals surface area contributed by atoms with E-state index in [1.165, 1.54) is 22.6 Å². The topological polar surface area (TPSA) is 24.9 Å². The number of nitrogens with one attached hydrogen (secondary N) is 1. The molecule has 1 heterocycles. The van der Waals surface area contributed by atoms with Gasteiger partial charge in [0.15, 0.2) is 5.13 Å². The van der Waals surface area contributed by atoms with Gasteiger partial charge in [-0.25, -0.2) is 4.98 Å². The summed E-state index contributed by atoms with van der Waals surface area (Å²) in [5.41, 5.74) is 2.78. The zero-order chi connectivity index (χ0) is 11.7. The lowest BCUT2D eigenvalue weighted by atomic mass is 9.85. The highest BCUT2D eigenvalue weighted by atomic mass is 32.1. The van der Waals surface area contributed by atoms with Crippen molar-refractivity contribution in [3.05, 3.63) is 46.5 Å². The van der Waals surface area contributed by atoms with Gasteiger partial charge in [0.1, 0.15) is 0 Å². The molecule has 1 aliphatic rings. The van der Waals surface area contributed by atoms with Crippen LogP contribution >= 0.6 is 11.3 Å². The van der Waals surface area contributed by atoms with Crippen LogP contribution in [0, 0.1) is 0 Å². The molecule has 0 radical (unpaired) electrons. The van der Waals surface area contributed by atoms with Crippen LogP contribution in [0.25, 0.3) is 0 Å². The highest BCUT2D eigenvalue weighted by Crippen LogP contribution is 2.36. The molecule has 1 aliphatic carbocycles. The Morgan fingerprint density at radius 1 is 1.29 bits per heavy atom. The Balaban J connectivity index is 1.85. The smallest absolute Gasteiger partial charge is 0.182 e. The molecule has 17 heavy (non-hydrogen) atoms. The number of thiazole rings is 1. The van der Waals surface area contributed by atoms with E-state index in [1.807, 2.05) is 18.4 Å². The van der Waals surface area contributed by atoms with Gasteiger partial charge in [-0.15, -0.1) is 11.3 Å². The molecular weight excluding hydrogens is 228 g/mol. The first kappa shape index (κ1) is 10.8. The van der Waals surface area contributed by atoms with E-state index in [4.69, 9.17) is 0 Å². The van der Waals surface area contributed by atoms with Crippen LogP contribution in [0.3, 0.4) is 0 Å². The summed E-state index contributed by atoms with van der Waals surface area (Å²) in [6, 6.07) is 10.8. The van der Waals surface area contributed by atoms with E-state index < -0.39 is 0 Å². The van der Waals surface area contributed by atoms with Crippen LogP contribution in [0.2, 0.25) is 0 Å². The van der Waals surface area contributed by atoms with Crippen molar-refractivity contribution in [3.63, 3.8) is 0 Å². The van der Waals surface area contributed by atoms with E-state index in [-0.39, 0.29) is 0 Å². The molecule has 0 saturated heterocycles. The molecule has 0 bridgehead atoms. The second-order valence-corrected chi connectivity index (χ2v) is 5.57. The summed E-state index contributed by atoms with van der Waals surface area (Å²) >= 11 is 1.81. The normalized spacial score (nSPS) is 18.8. The van der Waals surface area contributed by atoms with Crippen LogP contribution in [0.4, 0.5) is 5.13 Å². The number of benzene rings is 1. The molecule has 88 valence electrons. The number of aromatic nitrogens is 1. The van der Waals surface area contributed by atoms with Crippen molar-refractivity contribution in [2.24, 2.45) is 0 Å². The Labute approximate surface area is 106 Å². The van der Waals surface area contributed by atoms with Gasteiger partial charge in [-0.05, 0) is 30.7 Å². The minimum absolute atomic E-state index is 0.675. The fourth-order valence-electron chi connectivity index (χ4n) is 2.49. The van der Waals surface area contributed by atoms with Crippen molar-refractivity contribution in [1.29, 1.82) is 0 Å². The quantitative estimate of drug-likeness (QED) is 0.875. The lowest BCUT2D eigenvalue weighted by molar-refractivity contribution is 0.584. The van der Waals surface area contributed by atoms with Gasteiger partial charge >= 0.3 is 0 Å². The first-order valence-corrected chi connectivity index (χ1v) is 6.89. The molecule has 0 aliphatic heterocycles. The van der Waals surface area contributed by atoms with Gasteiger partial charge in [0.05, 0.1) is 5.69 Å². The first-order valence-electron chi connectivity index (χ1n) is 6.08. The Morgan fingerprint density at radius 2 is 2.12 bits per heavy atom. The second-order valence-electron chi connectivity index (χ2n) is 4.49. The number of rotatable bonds is 2. The summed E-state index contributed by atoms with van der Waals surface area (Å²) in [5.74, 6) is 0.675. The Hall–Kier alpha value is -1.35. The summed E-state index contributed by atoms with van der Waals surface area (Å²) < 4.78 is 0. The van der Waals surface area contributed by atoms with E-state index in [2.05, 4.69) is 40.6 Å². The molecule has 0 saturated carbocycles. The molecule has 0 spiro atoms. The van der Waals surface area contributed by atoms with Crippen LogP contribution in [-0.2, 0) is 12.8 Å². The van der Waals surface area contributed by atoms with E-state index in [1.54, 1.807) is 0 Å². The number of fused-ring (bicyclic) bond motifs is 1. The maximum atomic E-state index is 4.60. The molecule has 3 heteroatoms. The van der Waals surface area contributed by atoms with Crippen molar-refractivity contribution >= 4 is 16.5 Å². The SMILES string of the molecule is CNc1nc2c(s1)CC(c1ccccc1)CC2. The number of anilines is 1. The molecule has 0 fully saturated rings. The number of nitrogens with zero attached hydrogens (tertiary/aromatic N) is 1. The third-order valence-electron chi connectivity index (χ3n) is 3.42. The van der Waals surface area contributed by atoms with Crippen LogP contribution in [0.15, 0.2) is 30.3 Å². The van der Waals surface area contributed by atoms with Crippen LogP contribution in [0.5, 0.6) is 0 Å². The molecular formula is C14H16N2S. The molecule has 1 unspecified atom stereocenters. The number of aryl methyl sites for hydroxylation is 1. The zero-order valence-electron chi connectivity index (χ0n) is 9.94. The molecule has 1 atom stereocenters. The predicted octanol–water partition coefficient (Wildman–Crippen LogP) is 3.46. The molecule has 1 N–H and O–H groups in total.